The molecule has 0 radical (unpaired) electrons. The van der Waals surface area contributed by atoms with Gasteiger partial charge in [-0.3, -0.25) is 4.79 Å². The van der Waals surface area contributed by atoms with Crippen molar-refractivity contribution in [2.45, 2.75) is 19.1 Å². The number of pyridine rings is 1. The zero-order valence-electron chi connectivity index (χ0n) is 14.4. The van der Waals surface area contributed by atoms with Crippen LogP contribution in [0.5, 0.6) is 0 Å². The van der Waals surface area contributed by atoms with Crippen LogP contribution in [0.1, 0.15) is 23.0 Å². The molecule has 1 amide bonds. The fraction of sp³-hybridized carbons (Fsp3) is 0.200. The van der Waals surface area contributed by atoms with E-state index in [4.69, 9.17) is 5.11 Å². The average molecular weight is 374 g/mol. The molecular weight excluding hydrogens is 357 g/mol. The van der Waals surface area contributed by atoms with E-state index in [1.54, 1.807) is 37.3 Å². The van der Waals surface area contributed by atoms with Crippen LogP contribution < -0.4 is 5.32 Å². The van der Waals surface area contributed by atoms with Crippen LogP contribution in [0, 0.1) is 0 Å². The SMILES string of the molecule is CC(CO)NC(=O)c1ccc2c(-c3ccc(C(F)(F)F)cc3)cccc2n1. The molecule has 0 aliphatic carbocycles. The molecule has 2 aromatic carbocycles. The van der Waals surface area contributed by atoms with Crippen molar-refractivity contribution in [2.24, 2.45) is 0 Å². The summed E-state index contributed by atoms with van der Waals surface area (Å²) >= 11 is 0. The van der Waals surface area contributed by atoms with Crippen molar-refractivity contribution in [2.75, 3.05) is 6.61 Å². The predicted molar refractivity (Wildman–Crippen MR) is 96.2 cm³/mol. The van der Waals surface area contributed by atoms with Gasteiger partial charge in [0.1, 0.15) is 5.69 Å². The summed E-state index contributed by atoms with van der Waals surface area (Å²) in [7, 11) is 0. The first-order chi connectivity index (χ1) is 12.8. The van der Waals surface area contributed by atoms with Crippen LogP contribution in [0.15, 0.2) is 54.6 Å². The smallest absolute Gasteiger partial charge is 0.394 e. The van der Waals surface area contributed by atoms with Gasteiger partial charge in [0.2, 0.25) is 0 Å². The number of aromatic nitrogens is 1. The number of halogens is 3. The molecule has 0 saturated heterocycles. The number of benzene rings is 2. The molecule has 1 unspecified atom stereocenters. The van der Waals surface area contributed by atoms with Crippen molar-refractivity contribution in [1.29, 1.82) is 0 Å². The first-order valence-electron chi connectivity index (χ1n) is 8.28. The van der Waals surface area contributed by atoms with Crippen LogP contribution in [0.25, 0.3) is 22.0 Å². The normalized spacial score (nSPS) is 12.8. The van der Waals surface area contributed by atoms with Crippen molar-refractivity contribution in [3.8, 4) is 11.1 Å². The number of carbonyl (C=O) groups excluding carboxylic acids is 1. The van der Waals surface area contributed by atoms with Crippen molar-refractivity contribution < 1.29 is 23.1 Å². The third-order valence-electron chi connectivity index (χ3n) is 4.14. The molecule has 0 fully saturated rings. The van der Waals surface area contributed by atoms with E-state index in [1.165, 1.54) is 12.1 Å². The number of aliphatic hydroxyl groups is 1. The number of rotatable bonds is 4. The van der Waals surface area contributed by atoms with Crippen molar-refractivity contribution >= 4 is 16.8 Å². The molecule has 7 heteroatoms. The molecule has 1 atom stereocenters. The van der Waals surface area contributed by atoms with E-state index < -0.39 is 23.7 Å². The summed E-state index contributed by atoms with van der Waals surface area (Å²) in [6.07, 6.45) is -4.38. The maximum absolute atomic E-state index is 12.7. The van der Waals surface area contributed by atoms with Crippen molar-refractivity contribution in [3.05, 3.63) is 65.9 Å². The fourth-order valence-electron chi connectivity index (χ4n) is 2.72. The molecule has 1 aromatic heterocycles. The van der Waals surface area contributed by atoms with Gasteiger partial charge < -0.3 is 10.4 Å². The highest BCUT2D eigenvalue weighted by atomic mass is 19.4. The largest absolute Gasteiger partial charge is 0.416 e. The molecular formula is C20H17F3N2O2. The van der Waals surface area contributed by atoms with E-state index in [2.05, 4.69) is 10.3 Å². The number of hydrogen-bond acceptors (Lipinski definition) is 3. The van der Waals surface area contributed by atoms with E-state index in [9.17, 15) is 18.0 Å². The van der Waals surface area contributed by atoms with Crippen LogP contribution in [0.2, 0.25) is 0 Å². The average Bonchev–Trinajstić information content (AvgIpc) is 2.66. The highest BCUT2D eigenvalue weighted by Crippen LogP contribution is 2.33. The third-order valence-corrected chi connectivity index (χ3v) is 4.14. The number of carbonyl (C=O) groups is 1. The van der Waals surface area contributed by atoms with Gasteiger partial charge in [-0.05, 0) is 48.4 Å². The summed E-state index contributed by atoms with van der Waals surface area (Å²) in [4.78, 5) is 16.5. The summed E-state index contributed by atoms with van der Waals surface area (Å²) in [6.45, 7) is 1.49. The number of hydrogen-bond donors (Lipinski definition) is 2. The van der Waals surface area contributed by atoms with E-state index in [-0.39, 0.29) is 12.3 Å². The van der Waals surface area contributed by atoms with Gasteiger partial charge in [-0.2, -0.15) is 13.2 Å². The summed E-state index contributed by atoms with van der Waals surface area (Å²) in [5, 5.41) is 12.4. The lowest BCUT2D eigenvalue weighted by Gasteiger charge is -2.12. The summed E-state index contributed by atoms with van der Waals surface area (Å²) < 4.78 is 38.2. The Morgan fingerprint density at radius 2 is 1.81 bits per heavy atom. The van der Waals surface area contributed by atoms with E-state index in [1.807, 2.05) is 0 Å². The van der Waals surface area contributed by atoms with Gasteiger partial charge in [0.25, 0.3) is 5.91 Å². The highest BCUT2D eigenvalue weighted by molar-refractivity contribution is 5.99. The molecule has 3 rings (SSSR count). The number of aliphatic hydroxyl groups excluding tert-OH is 1. The number of alkyl halides is 3. The number of nitrogens with one attached hydrogen (secondary N) is 1. The van der Waals surface area contributed by atoms with Crippen molar-refractivity contribution in [1.82, 2.24) is 10.3 Å². The van der Waals surface area contributed by atoms with Crippen LogP contribution in [0.4, 0.5) is 13.2 Å². The van der Waals surface area contributed by atoms with Gasteiger partial charge in [-0.15, -0.1) is 0 Å². The zero-order valence-corrected chi connectivity index (χ0v) is 14.4. The Bertz CT molecular complexity index is 969. The Morgan fingerprint density at radius 3 is 2.44 bits per heavy atom. The van der Waals surface area contributed by atoms with E-state index in [0.717, 1.165) is 23.1 Å². The van der Waals surface area contributed by atoms with Gasteiger partial charge in [0, 0.05) is 11.4 Å². The Labute approximate surface area is 153 Å². The van der Waals surface area contributed by atoms with Gasteiger partial charge >= 0.3 is 6.18 Å². The first-order valence-corrected chi connectivity index (χ1v) is 8.28. The Balaban J connectivity index is 1.97. The van der Waals surface area contributed by atoms with Crippen LogP contribution in [-0.2, 0) is 6.18 Å². The van der Waals surface area contributed by atoms with E-state index in [0.29, 0.717) is 11.1 Å². The summed E-state index contributed by atoms with van der Waals surface area (Å²) in [6, 6.07) is 13.1. The molecule has 3 aromatic rings. The molecule has 1 heterocycles. The number of fused-ring (bicyclic) bond motifs is 1. The predicted octanol–water partition coefficient (Wildman–Crippen LogP) is 4.03. The molecule has 0 aliphatic rings. The Morgan fingerprint density at radius 1 is 1.11 bits per heavy atom. The minimum atomic E-state index is -4.38. The molecule has 2 N–H and O–H groups in total. The lowest BCUT2D eigenvalue weighted by molar-refractivity contribution is -0.137. The second-order valence-corrected chi connectivity index (χ2v) is 6.20. The summed E-state index contributed by atoms with van der Waals surface area (Å²) in [5.41, 5.74) is 1.40. The molecule has 140 valence electrons. The van der Waals surface area contributed by atoms with Crippen molar-refractivity contribution in [3.63, 3.8) is 0 Å². The lowest BCUT2D eigenvalue weighted by Crippen LogP contribution is -2.35. The number of nitrogens with zero attached hydrogens (tertiary/aromatic N) is 1. The maximum Gasteiger partial charge on any atom is 0.416 e. The minimum Gasteiger partial charge on any atom is -0.394 e. The monoisotopic (exact) mass is 374 g/mol. The van der Waals surface area contributed by atoms with Gasteiger partial charge in [-0.25, -0.2) is 4.98 Å². The van der Waals surface area contributed by atoms with Crippen LogP contribution in [-0.4, -0.2) is 28.6 Å². The highest BCUT2D eigenvalue weighted by Gasteiger charge is 2.30. The van der Waals surface area contributed by atoms with Crippen LogP contribution >= 0.6 is 0 Å². The third kappa shape index (κ3) is 4.09. The topological polar surface area (TPSA) is 62.2 Å². The Hall–Kier alpha value is -2.93. The second kappa shape index (κ2) is 7.36. The molecule has 27 heavy (non-hydrogen) atoms. The summed E-state index contributed by atoms with van der Waals surface area (Å²) in [5.74, 6) is -0.404. The molecule has 0 aliphatic heterocycles. The van der Waals surface area contributed by atoms with E-state index >= 15 is 0 Å². The van der Waals surface area contributed by atoms with Gasteiger partial charge in [0.05, 0.1) is 17.7 Å². The maximum atomic E-state index is 12.7. The lowest BCUT2D eigenvalue weighted by atomic mass is 9.99. The second-order valence-electron chi connectivity index (χ2n) is 6.20. The minimum absolute atomic E-state index is 0.183. The van der Waals surface area contributed by atoms with Gasteiger partial charge in [-0.1, -0.05) is 24.3 Å². The molecule has 4 nitrogen and oxygen atoms in total. The van der Waals surface area contributed by atoms with Gasteiger partial charge in [0.15, 0.2) is 0 Å². The first kappa shape index (κ1) is 18.8. The fourth-order valence-corrected chi connectivity index (χ4v) is 2.72. The Kier molecular flexibility index (Phi) is 5.14. The molecule has 0 saturated carbocycles. The number of amides is 1. The zero-order chi connectivity index (χ0) is 19.6. The quantitative estimate of drug-likeness (QED) is 0.725. The standard InChI is InChI=1S/C20H17F3N2O2/c1-12(11-26)24-19(27)18-10-9-16-15(3-2-4-17(16)25-18)13-5-7-14(8-6-13)20(21,22)23/h2-10,12,26H,11H2,1H3,(H,24,27). The molecule has 0 spiro atoms. The molecule has 0 bridgehead atoms. The van der Waals surface area contributed by atoms with Crippen LogP contribution in [0.3, 0.4) is 0 Å².